The summed E-state index contributed by atoms with van der Waals surface area (Å²) in [7, 11) is 0. The molecule has 0 saturated heterocycles. The molecule has 2 aliphatic heterocycles. The molecule has 0 saturated carbocycles. The predicted molar refractivity (Wildman–Crippen MR) is 245 cm³/mol. The van der Waals surface area contributed by atoms with Gasteiger partial charge in [0.2, 0.25) is 5.69 Å². The van der Waals surface area contributed by atoms with Crippen molar-refractivity contribution in [3.8, 4) is 0 Å². The summed E-state index contributed by atoms with van der Waals surface area (Å²) in [6.45, 7) is 13.9. The maximum absolute atomic E-state index is 14.4. The molecule has 7 rings (SSSR count). The number of aromatic carboxylic acids is 2. The molecule has 3 aromatic carbocycles. The van der Waals surface area contributed by atoms with Gasteiger partial charge in [0.05, 0.1) is 22.1 Å². The summed E-state index contributed by atoms with van der Waals surface area (Å²) in [5, 5.41) is 32.3. The van der Waals surface area contributed by atoms with Crippen LogP contribution >= 0.6 is 0 Å². The van der Waals surface area contributed by atoms with E-state index in [-0.39, 0.29) is 22.5 Å². The first-order valence-corrected chi connectivity index (χ1v) is 22.6. The fourth-order valence-electron chi connectivity index (χ4n) is 9.89. The molecule has 324 valence electrons. The van der Waals surface area contributed by atoms with Crippen molar-refractivity contribution >= 4 is 40.6 Å². The topological polar surface area (TPSA) is 135 Å². The lowest BCUT2D eigenvalue weighted by atomic mass is 9.73. The van der Waals surface area contributed by atoms with Gasteiger partial charge in [-0.1, -0.05) is 110 Å². The van der Waals surface area contributed by atoms with Crippen molar-refractivity contribution in [2.75, 3.05) is 18.0 Å². The summed E-state index contributed by atoms with van der Waals surface area (Å²) in [5.74, 6) is -2.86. The standard InChI is InChI=1S/C53H60N2O7/c1-7-9-11-13-15-19-27-54-41-25-23-33(50(59)60)29-39(41)52(3,4)43(54)31-37-45(46-48(57)35-21-17-18-22-36(35)49(46)58)38(47(37)56)32-44-53(5,6)40-30-34(51(61)62)24-26-42(40)55(44)28-20-16-14-12-10-8-2/h17-18,21-26,29-32H,7-16,19-20,27-28H2,1-6H3,(H2-,56,57,58,59,60,61,62)/p+1. The highest BCUT2D eigenvalue weighted by Crippen LogP contribution is 2.52. The van der Waals surface area contributed by atoms with Crippen LogP contribution in [0.1, 0.15) is 171 Å². The lowest BCUT2D eigenvalue weighted by Crippen LogP contribution is -2.31. The molecule has 9 nitrogen and oxygen atoms in total. The highest BCUT2D eigenvalue weighted by atomic mass is 16.4. The number of carboxylic acid groups (broad SMARTS) is 2. The van der Waals surface area contributed by atoms with Gasteiger partial charge in [-0.25, -0.2) is 9.59 Å². The van der Waals surface area contributed by atoms with Crippen molar-refractivity contribution in [1.29, 1.82) is 0 Å². The number of carboxylic acids is 2. The van der Waals surface area contributed by atoms with Crippen molar-refractivity contribution in [2.45, 2.75) is 129 Å². The van der Waals surface area contributed by atoms with Gasteiger partial charge in [0, 0.05) is 75.3 Å². The maximum Gasteiger partial charge on any atom is 0.335 e. The molecule has 3 aromatic rings. The number of ketones is 2. The van der Waals surface area contributed by atoms with Crippen LogP contribution in [0, 0.1) is 0 Å². The molecule has 2 aliphatic carbocycles. The van der Waals surface area contributed by atoms with Crippen LogP contribution in [0.5, 0.6) is 0 Å². The van der Waals surface area contributed by atoms with Gasteiger partial charge in [-0.15, -0.1) is 0 Å². The van der Waals surface area contributed by atoms with Gasteiger partial charge in [0.1, 0.15) is 12.3 Å². The van der Waals surface area contributed by atoms with E-state index in [2.05, 4.69) is 23.3 Å². The van der Waals surface area contributed by atoms with Crippen LogP contribution in [0.15, 0.2) is 107 Å². The summed E-state index contributed by atoms with van der Waals surface area (Å²) < 4.78 is 2.21. The van der Waals surface area contributed by atoms with Crippen LogP contribution in [-0.4, -0.2) is 62.2 Å². The number of allylic oxidation sites excluding steroid dienone is 6. The monoisotopic (exact) mass is 837 g/mol. The second-order valence-electron chi connectivity index (χ2n) is 18.4. The number of hydrogen-bond acceptors (Lipinski definition) is 6. The Hall–Kier alpha value is -5.83. The van der Waals surface area contributed by atoms with Gasteiger partial charge in [0.25, 0.3) is 0 Å². The first-order valence-electron chi connectivity index (χ1n) is 22.6. The molecule has 0 aromatic heterocycles. The number of carbonyl (C=O) groups excluding carboxylic acids is 2. The smallest absolute Gasteiger partial charge is 0.335 e. The van der Waals surface area contributed by atoms with Crippen molar-refractivity contribution in [3.05, 3.63) is 140 Å². The molecule has 9 heteroatoms. The molecular formula is C53H61N2O7+. The quantitative estimate of drug-likeness (QED) is 0.0499. The Morgan fingerprint density at radius 1 is 0.661 bits per heavy atom. The number of Topliss-reactive ketones (excluding diaryl/α,β-unsaturated/α-hetero) is 2. The largest absolute Gasteiger partial charge is 0.507 e. The molecule has 0 unspecified atom stereocenters. The normalized spacial score (nSPS) is 18.6. The molecule has 62 heavy (non-hydrogen) atoms. The first kappa shape index (κ1) is 44.2. The zero-order chi connectivity index (χ0) is 44.5. The lowest BCUT2D eigenvalue weighted by Gasteiger charge is -2.32. The van der Waals surface area contributed by atoms with E-state index in [4.69, 9.17) is 0 Å². The van der Waals surface area contributed by atoms with Gasteiger partial charge in [-0.3, -0.25) is 9.59 Å². The molecule has 0 amide bonds. The van der Waals surface area contributed by atoms with Crippen LogP contribution in [0.25, 0.3) is 0 Å². The molecule has 4 aliphatic rings. The van der Waals surface area contributed by atoms with Crippen molar-refractivity contribution < 1.29 is 39.1 Å². The molecular weight excluding hydrogens is 777 g/mol. The van der Waals surface area contributed by atoms with Crippen LogP contribution < -0.4 is 4.90 Å². The third-order valence-electron chi connectivity index (χ3n) is 13.5. The molecule has 3 N–H and O–H groups in total. The molecule has 2 heterocycles. The lowest BCUT2D eigenvalue weighted by molar-refractivity contribution is -0.438. The van der Waals surface area contributed by atoms with E-state index in [1.54, 1.807) is 48.5 Å². The number of unbranched alkanes of at least 4 members (excludes halogenated alkanes) is 10. The first-order chi connectivity index (χ1) is 29.6. The Morgan fingerprint density at radius 2 is 1.21 bits per heavy atom. The minimum atomic E-state index is -1.01. The number of aliphatic hydroxyl groups is 1. The Labute approximate surface area is 365 Å². The SMILES string of the molecule is CCCCCCCCN1/C(=C/C2=C(O)C(=C\C3=[N+](CCCCCCCC)c4ccc(C(=O)O)cc4C3(C)C)/C2=C2C(=O)c3ccccc3C2=O)C(C)(C)c2cc(C(=O)O)ccc21. The second kappa shape index (κ2) is 17.9. The maximum atomic E-state index is 14.4. The van der Waals surface area contributed by atoms with Crippen molar-refractivity contribution in [3.63, 3.8) is 0 Å². The summed E-state index contributed by atoms with van der Waals surface area (Å²) >= 11 is 0. The van der Waals surface area contributed by atoms with Crippen LogP contribution in [-0.2, 0) is 10.8 Å². The van der Waals surface area contributed by atoms with E-state index in [0.29, 0.717) is 40.9 Å². The van der Waals surface area contributed by atoms with Crippen molar-refractivity contribution in [2.24, 2.45) is 0 Å². The fraction of sp³-hybridized carbons (Fsp3) is 0.415. The zero-order valence-electron chi connectivity index (χ0n) is 37.2. The number of anilines is 1. The minimum absolute atomic E-state index is 0.00982. The number of benzene rings is 3. The number of nitrogens with zero attached hydrogens (tertiary/aromatic N) is 2. The summed E-state index contributed by atoms with van der Waals surface area (Å²) in [6, 6.07) is 17.3. The van der Waals surface area contributed by atoms with Crippen LogP contribution in [0.3, 0.4) is 0 Å². The third-order valence-corrected chi connectivity index (χ3v) is 13.5. The fourth-order valence-corrected chi connectivity index (χ4v) is 9.89. The number of hydrogen-bond donors (Lipinski definition) is 3. The van der Waals surface area contributed by atoms with Gasteiger partial charge < -0.3 is 20.2 Å². The Kier molecular flexibility index (Phi) is 12.8. The number of aliphatic hydroxyl groups excluding tert-OH is 1. The van der Waals surface area contributed by atoms with E-state index >= 15 is 0 Å². The van der Waals surface area contributed by atoms with Crippen LogP contribution in [0.4, 0.5) is 11.4 Å². The van der Waals surface area contributed by atoms with E-state index in [9.17, 15) is 34.5 Å². The van der Waals surface area contributed by atoms with Gasteiger partial charge in [0.15, 0.2) is 17.3 Å². The second-order valence-corrected chi connectivity index (χ2v) is 18.4. The minimum Gasteiger partial charge on any atom is -0.507 e. The highest BCUT2D eigenvalue weighted by Gasteiger charge is 2.49. The van der Waals surface area contributed by atoms with Crippen molar-refractivity contribution in [1.82, 2.24) is 0 Å². The van der Waals surface area contributed by atoms with Gasteiger partial charge in [-0.2, -0.15) is 4.58 Å². The Bertz CT molecular complexity index is 2470. The number of carbonyl (C=O) groups is 4. The van der Waals surface area contributed by atoms with Crippen LogP contribution in [0.2, 0.25) is 0 Å². The van der Waals surface area contributed by atoms with E-state index < -0.39 is 34.3 Å². The van der Waals surface area contributed by atoms with Gasteiger partial charge >= 0.3 is 11.9 Å². The zero-order valence-corrected chi connectivity index (χ0v) is 37.2. The molecule has 0 spiro atoms. The Morgan fingerprint density at radius 3 is 1.81 bits per heavy atom. The summed E-state index contributed by atoms with van der Waals surface area (Å²) in [5.41, 5.74) is 5.97. The summed E-state index contributed by atoms with van der Waals surface area (Å²) in [6.07, 6.45) is 16.9. The third kappa shape index (κ3) is 7.91. The average Bonchev–Trinajstić information content (AvgIpc) is 3.72. The average molecular weight is 838 g/mol. The highest BCUT2D eigenvalue weighted by molar-refractivity contribution is 6.40. The molecule has 0 radical (unpaired) electrons. The number of rotatable bonds is 18. The number of fused-ring (bicyclic) bond motifs is 3. The molecule has 0 bridgehead atoms. The van der Waals surface area contributed by atoms with E-state index in [1.165, 1.54) is 25.7 Å². The molecule has 0 atom stereocenters. The Balaban J connectivity index is 1.40. The predicted octanol–water partition coefficient (Wildman–Crippen LogP) is 12.0. The van der Waals surface area contributed by atoms with E-state index in [1.807, 2.05) is 52.0 Å². The molecule has 0 fully saturated rings. The van der Waals surface area contributed by atoms with E-state index in [0.717, 1.165) is 85.3 Å². The summed E-state index contributed by atoms with van der Waals surface area (Å²) in [4.78, 5) is 55.4. The van der Waals surface area contributed by atoms with Gasteiger partial charge in [-0.05, 0) is 68.7 Å².